The van der Waals surface area contributed by atoms with Crippen LogP contribution in [0.3, 0.4) is 0 Å². The lowest BCUT2D eigenvalue weighted by molar-refractivity contribution is -0.132. The largest absolute Gasteiger partial charge is 0.369 e. The van der Waals surface area contributed by atoms with Gasteiger partial charge in [0, 0.05) is 6.20 Å². The number of aliphatic hydroxyl groups excluding tert-OH is 1. The third-order valence-electron chi connectivity index (χ3n) is 2.42. The molecule has 2 heterocycles. The van der Waals surface area contributed by atoms with Gasteiger partial charge in [0.05, 0.1) is 0 Å². The van der Waals surface area contributed by atoms with Crippen LogP contribution in [0.5, 0.6) is 0 Å². The first-order chi connectivity index (χ1) is 8.76. The van der Waals surface area contributed by atoms with Crippen LogP contribution in [0.4, 0.5) is 4.79 Å². The van der Waals surface area contributed by atoms with Crippen molar-refractivity contribution in [2.24, 2.45) is 0 Å². The molecule has 1 aromatic rings. The van der Waals surface area contributed by atoms with Crippen LogP contribution < -0.4 is 21.9 Å². The number of carbonyl (C=O) groups excluding carboxylic acids is 2. The minimum absolute atomic E-state index is 0.420. The minimum Gasteiger partial charge on any atom is -0.369 e. The molecule has 1 aliphatic rings. The second kappa shape index (κ2) is 4.37. The Morgan fingerprint density at radius 2 is 1.95 bits per heavy atom. The first kappa shape index (κ1) is 13.6. The molecule has 1 fully saturated rings. The molecule has 3 amide bonds. The van der Waals surface area contributed by atoms with Gasteiger partial charge in [-0.15, -0.1) is 0 Å². The number of rotatable bonds is 1. The Hall–Kier alpha value is -1.84. The number of alkyl halides is 1. The first-order valence-corrected chi connectivity index (χ1v) is 5.53. The van der Waals surface area contributed by atoms with Crippen LogP contribution in [0.15, 0.2) is 15.8 Å². The van der Waals surface area contributed by atoms with Crippen molar-refractivity contribution in [2.45, 2.75) is 11.2 Å². The molecule has 1 saturated heterocycles. The summed E-state index contributed by atoms with van der Waals surface area (Å²) < 4.78 is 0.512. The fourth-order valence-corrected chi connectivity index (χ4v) is 1.87. The molecule has 0 aliphatic carbocycles. The van der Waals surface area contributed by atoms with Crippen LogP contribution >= 0.6 is 23.2 Å². The molecule has 11 heteroatoms. The van der Waals surface area contributed by atoms with Gasteiger partial charge in [-0.25, -0.2) is 9.59 Å². The molecule has 0 aromatic carbocycles. The van der Waals surface area contributed by atoms with Crippen molar-refractivity contribution in [2.75, 3.05) is 0 Å². The molecule has 19 heavy (non-hydrogen) atoms. The molecule has 2 rings (SSSR count). The topological polar surface area (TPSA) is 133 Å². The number of urea groups is 1. The Morgan fingerprint density at radius 1 is 1.32 bits per heavy atom. The molecule has 1 aliphatic heterocycles. The van der Waals surface area contributed by atoms with Crippen LogP contribution in [-0.4, -0.2) is 32.8 Å². The molecule has 4 N–H and O–H groups in total. The summed E-state index contributed by atoms with van der Waals surface area (Å²) in [6.45, 7) is 0. The highest BCUT2D eigenvalue weighted by atomic mass is 35.5. The van der Waals surface area contributed by atoms with Gasteiger partial charge in [0.25, 0.3) is 11.5 Å². The summed E-state index contributed by atoms with van der Waals surface area (Å²) >= 11 is 11.4. The van der Waals surface area contributed by atoms with Crippen molar-refractivity contribution in [1.29, 1.82) is 0 Å². The lowest BCUT2D eigenvalue weighted by atomic mass is 10.2. The van der Waals surface area contributed by atoms with Crippen LogP contribution in [-0.2, 0) is 9.79 Å². The van der Waals surface area contributed by atoms with Crippen molar-refractivity contribution in [3.8, 4) is 0 Å². The molecule has 0 spiro atoms. The summed E-state index contributed by atoms with van der Waals surface area (Å²) in [5.41, 5.74) is -1.95. The zero-order valence-electron chi connectivity index (χ0n) is 8.94. The number of nitrogens with zero attached hydrogens (tertiary/aromatic N) is 1. The summed E-state index contributed by atoms with van der Waals surface area (Å²) in [6.07, 6.45) is -1.11. The monoisotopic (exact) mass is 308 g/mol. The van der Waals surface area contributed by atoms with Crippen molar-refractivity contribution in [3.05, 3.63) is 32.1 Å². The molecular weight excluding hydrogens is 303 g/mol. The number of aromatic amines is 1. The van der Waals surface area contributed by atoms with E-state index in [0.29, 0.717) is 4.57 Å². The summed E-state index contributed by atoms with van der Waals surface area (Å²) in [4.78, 5) is 44.9. The van der Waals surface area contributed by atoms with Crippen molar-refractivity contribution in [1.82, 2.24) is 20.2 Å². The zero-order chi connectivity index (χ0) is 14.4. The number of hydrogen-bond acceptors (Lipinski definition) is 5. The highest BCUT2D eigenvalue weighted by Crippen LogP contribution is 2.26. The van der Waals surface area contributed by atoms with Gasteiger partial charge in [-0.05, 0) is 0 Å². The quantitative estimate of drug-likeness (QED) is 0.456. The maximum absolute atomic E-state index is 11.7. The molecule has 0 radical (unpaired) electrons. The standard InChI is InChI=1S/C8H6Cl2N4O5/c9-2-1-14(7(19)11-3(2)15)8(10)4(16)12-6(18)13-5(8)17/h1,4,16H,(H,11,15,19)(H2,12,13,17,18). The average molecular weight is 309 g/mol. The molecule has 102 valence electrons. The fourth-order valence-electron chi connectivity index (χ4n) is 1.50. The van der Waals surface area contributed by atoms with Gasteiger partial charge in [-0.3, -0.25) is 24.5 Å². The summed E-state index contributed by atoms with van der Waals surface area (Å²) in [6, 6.07) is -0.975. The van der Waals surface area contributed by atoms with E-state index in [1.807, 2.05) is 10.3 Å². The van der Waals surface area contributed by atoms with E-state index < -0.39 is 39.4 Å². The number of aromatic nitrogens is 2. The van der Waals surface area contributed by atoms with Crippen molar-refractivity contribution in [3.63, 3.8) is 0 Å². The number of H-pyrrole nitrogens is 1. The Labute approximate surface area is 114 Å². The fraction of sp³-hybridized carbons (Fsp3) is 0.250. The van der Waals surface area contributed by atoms with Crippen LogP contribution in [0.2, 0.25) is 5.02 Å². The van der Waals surface area contributed by atoms with Crippen molar-refractivity contribution < 1.29 is 14.7 Å². The number of aliphatic hydroxyl groups is 1. The zero-order valence-corrected chi connectivity index (χ0v) is 10.4. The highest BCUT2D eigenvalue weighted by Gasteiger charge is 2.51. The number of nitrogens with one attached hydrogen (secondary N) is 3. The van der Waals surface area contributed by atoms with Gasteiger partial charge in [0.15, 0.2) is 6.23 Å². The Morgan fingerprint density at radius 3 is 2.53 bits per heavy atom. The van der Waals surface area contributed by atoms with Crippen LogP contribution in [0.1, 0.15) is 0 Å². The van der Waals surface area contributed by atoms with Crippen LogP contribution in [0, 0.1) is 0 Å². The van der Waals surface area contributed by atoms with E-state index in [4.69, 9.17) is 23.2 Å². The molecule has 2 unspecified atom stereocenters. The Balaban J connectivity index is 2.65. The predicted molar refractivity (Wildman–Crippen MR) is 62.8 cm³/mol. The molecule has 0 saturated carbocycles. The lowest BCUT2D eigenvalue weighted by Crippen LogP contribution is -2.68. The molecular formula is C8H6Cl2N4O5. The molecule has 2 atom stereocenters. The van der Waals surface area contributed by atoms with E-state index in [0.717, 1.165) is 6.20 Å². The second-order valence-corrected chi connectivity index (χ2v) is 4.59. The van der Waals surface area contributed by atoms with Gasteiger partial charge in [-0.1, -0.05) is 23.2 Å². The normalized spacial score (nSPS) is 26.8. The lowest BCUT2D eigenvalue weighted by Gasteiger charge is -2.35. The SMILES string of the molecule is O=C1NC(=O)C(Cl)(n2cc(Cl)c(=O)[nH]c2=O)C(O)N1. The number of carbonyl (C=O) groups is 2. The maximum Gasteiger partial charge on any atom is 0.330 e. The molecule has 9 nitrogen and oxygen atoms in total. The summed E-state index contributed by atoms with van der Waals surface area (Å²) in [5, 5.41) is 13.0. The van der Waals surface area contributed by atoms with Gasteiger partial charge < -0.3 is 10.4 Å². The maximum atomic E-state index is 11.7. The van der Waals surface area contributed by atoms with E-state index in [1.54, 1.807) is 5.32 Å². The summed E-state index contributed by atoms with van der Waals surface area (Å²) in [5.74, 6) is -1.14. The minimum atomic E-state index is -2.36. The third kappa shape index (κ3) is 2.01. The molecule has 1 aromatic heterocycles. The second-order valence-electron chi connectivity index (χ2n) is 3.61. The number of amides is 3. The van der Waals surface area contributed by atoms with E-state index in [2.05, 4.69) is 0 Å². The van der Waals surface area contributed by atoms with Gasteiger partial charge in [0.1, 0.15) is 5.02 Å². The Kier molecular flexibility index (Phi) is 3.12. The number of imide groups is 1. The van der Waals surface area contributed by atoms with Crippen LogP contribution in [0.25, 0.3) is 0 Å². The van der Waals surface area contributed by atoms with Gasteiger partial charge in [-0.2, -0.15) is 0 Å². The third-order valence-corrected chi connectivity index (χ3v) is 3.25. The first-order valence-electron chi connectivity index (χ1n) is 4.77. The summed E-state index contributed by atoms with van der Waals surface area (Å²) in [7, 11) is 0. The van der Waals surface area contributed by atoms with E-state index in [1.165, 1.54) is 0 Å². The van der Waals surface area contributed by atoms with E-state index in [9.17, 15) is 24.3 Å². The predicted octanol–water partition coefficient (Wildman–Crippen LogP) is -1.76. The van der Waals surface area contributed by atoms with E-state index >= 15 is 0 Å². The van der Waals surface area contributed by atoms with Gasteiger partial charge >= 0.3 is 11.7 Å². The molecule has 0 bridgehead atoms. The van der Waals surface area contributed by atoms with E-state index in [-0.39, 0.29) is 0 Å². The van der Waals surface area contributed by atoms with Crippen molar-refractivity contribution >= 4 is 35.1 Å². The Bertz CT molecular complexity index is 682. The van der Waals surface area contributed by atoms with Gasteiger partial charge in [0.2, 0.25) is 5.00 Å². The smallest absolute Gasteiger partial charge is 0.330 e. The number of halogens is 2. The average Bonchev–Trinajstić information content (AvgIpc) is 2.30. The number of hydrogen-bond donors (Lipinski definition) is 4. The highest BCUT2D eigenvalue weighted by molar-refractivity contribution is 6.35.